The lowest BCUT2D eigenvalue weighted by atomic mass is 9.98. The van der Waals surface area contributed by atoms with Gasteiger partial charge in [0, 0.05) is 24.2 Å². The van der Waals surface area contributed by atoms with Crippen LogP contribution in [0.15, 0.2) is 18.2 Å². The molecule has 9 heteroatoms. The maximum absolute atomic E-state index is 12.4. The summed E-state index contributed by atoms with van der Waals surface area (Å²) in [5, 5.41) is 19.4. The number of carbonyl (C=O) groups excluding carboxylic acids is 1. The van der Waals surface area contributed by atoms with Crippen LogP contribution in [-0.2, 0) is 13.0 Å². The molecule has 108 valence electrons. The summed E-state index contributed by atoms with van der Waals surface area (Å²) >= 11 is 1.23. The van der Waals surface area contributed by atoms with E-state index >= 15 is 0 Å². The monoisotopic (exact) mass is 305 g/mol. The molecule has 0 aliphatic carbocycles. The second kappa shape index (κ2) is 5.09. The predicted octanol–water partition coefficient (Wildman–Crippen LogP) is 1.23. The number of nitrogens with zero attached hydrogens (tertiary/aromatic N) is 4. The molecule has 0 bridgehead atoms. The van der Waals surface area contributed by atoms with E-state index < -0.39 is 4.92 Å². The van der Waals surface area contributed by atoms with Gasteiger partial charge in [-0.25, -0.2) is 0 Å². The van der Waals surface area contributed by atoms with Gasteiger partial charge in [0.1, 0.15) is 5.01 Å². The van der Waals surface area contributed by atoms with Crippen molar-refractivity contribution < 1.29 is 9.72 Å². The predicted molar refractivity (Wildman–Crippen MR) is 75.9 cm³/mol. The van der Waals surface area contributed by atoms with E-state index in [0.29, 0.717) is 35.2 Å². The number of fused-ring (bicyclic) bond motifs is 1. The number of aromatic nitrogens is 2. The SMILES string of the molecule is Nc1nnc(CN2CCc3ccc([N+](=O)[O-])cc3C2=O)s1. The van der Waals surface area contributed by atoms with E-state index in [1.807, 2.05) is 0 Å². The van der Waals surface area contributed by atoms with Gasteiger partial charge in [-0.1, -0.05) is 17.4 Å². The highest BCUT2D eigenvalue weighted by atomic mass is 32.1. The van der Waals surface area contributed by atoms with Crippen LogP contribution in [0.5, 0.6) is 0 Å². The van der Waals surface area contributed by atoms with Crippen LogP contribution in [0.25, 0.3) is 0 Å². The lowest BCUT2D eigenvalue weighted by Crippen LogP contribution is -2.37. The molecule has 0 fully saturated rings. The fourth-order valence-corrected chi connectivity index (χ4v) is 2.89. The summed E-state index contributed by atoms with van der Waals surface area (Å²) in [7, 11) is 0. The fourth-order valence-electron chi connectivity index (χ4n) is 2.27. The lowest BCUT2D eigenvalue weighted by molar-refractivity contribution is -0.384. The number of benzene rings is 1. The second-order valence-corrected chi connectivity index (χ2v) is 5.70. The Bertz CT molecular complexity index is 729. The molecule has 21 heavy (non-hydrogen) atoms. The van der Waals surface area contributed by atoms with Gasteiger partial charge in [0.25, 0.3) is 11.6 Å². The maximum Gasteiger partial charge on any atom is 0.270 e. The van der Waals surface area contributed by atoms with Crippen molar-refractivity contribution in [1.82, 2.24) is 15.1 Å². The van der Waals surface area contributed by atoms with Crippen molar-refractivity contribution in [1.29, 1.82) is 0 Å². The van der Waals surface area contributed by atoms with Crippen molar-refractivity contribution in [3.8, 4) is 0 Å². The normalized spacial score (nSPS) is 14.1. The summed E-state index contributed by atoms with van der Waals surface area (Å²) in [4.78, 5) is 24.4. The van der Waals surface area contributed by atoms with Gasteiger partial charge in [-0.15, -0.1) is 10.2 Å². The quantitative estimate of drug-likeness (QED) is 0.673. The van der Waals surface area contributed by atoms with Crippen molar-refractivity contribution >= 4 is 28.1 Å². The molecule has 8 nitrogen and oxygen atoms in total. The lowest BCUT2D eigenvalue weighted by Gasteiger charge is -2.27. The minimum atomic E-state index is -0.502. The molecular formula is C12H11N5O3S. The first-order valence-corrected chi connectivity index (χ1v) is 7.00. The summed E-state index contributed by atoms with van der Waals surface area (Å²) in [6.07, 6.45) is 0.660. The first kappa shape index (κ1) is 13.4. The van der Waals surface area contributed by atoms with Crippen LogP contribution in [0.2, 0.25) is 0 Å². The fraction of sp³-hybridized carbons (Fsp3) is 0.250. The molecule has 0 saturated heterocycles. The molecular weight excluding hydrogens is 294 g/mol. The number of non-ortho nitro benzene ring substituents is 1. The van der Waals surface area contributed by atoms with E-state index in [0.717, 1.165) is 5.56 Å². The van der Waals surface area contributed by atoms with Crippen LogP contribution in [0.4, 0.5) is 10.8 Å². The van der Waals surface area contributed by atoms with E-state index in [1.54, 1.807) is 11.0 Å². The third kappa shape index (κ3) is 2.55. The molecule has 1 aromatic carbocycles. The molecule has 2 heterocycles. The summed E-state index contributed by atoms with van der Waals surface area (Å²) in [5.74, 6) is -0.228. The Morgan fingerprint density at radius 3 is 2.90 bits per heavy atom. The zero-order valence-electron chi connectivity index (χ0n) is 10.9. The van der Waals surface area contributed by atoms with Crippen LogP contribution in [0.1, 0.15) is 20.9 Å². The van der Waals surface area contributed by atoms with Crippen molar-refractivity contribution in [3.05, 3.63) is 44.4 Å². The minimum Gasteiger partial charge on any atom is -0.374 e. The second-order valence-electron chi connectivity index (χ2n) is 4.61. The van der Waals surface area contributed by atoms with Crippen LogP contribution in [0.3, 0.4) is 0 Å². The zero-order chi connectivity index (χ0) is 15.0. The Morgan fingerprint density at radius 2 is 2.24 bits per heavy atom. The maximum atomic E-state index is 12.4. The molecule has 1 aromatic heterocycles. The molecule has 1 aliphatic rings. The molecule has 0 unspecified atom stereocenters. The van der Waals surface area contributed by atoms with E-state index in [1.165, 1.54) is 23.5 Å². The highest BCUT2D eigenvalue weighted by molar-refractivity contribution is 7.15. The minimum absolute atomic E-state index is 0.0795. The number of nitrogens with two attached hydrogens (primary N) is 1. The number of rotatable bonds is 3. The molecule has 0 saturated carbocycles. The van der Waals surface area contributed by atoms with Gasteiger partial charge in [0.2, 0.25) is 5.13 Å². The summed E-state index contributed by atoms with van der Waals surface area (Å²) in [6.45, 7) is 0.860. The number of nitro benzene ring substituents is 1. The number of nitrogen functional groups attached to an aromatic ring is 1. The molecule has 1 aliphatic heterocycles. The van der Waals surface area contributed by atoms with E-state index in [9.17, 15) is 14.9 Å². The van der Waals surface area contributed by atoms with Crippen molar-refractivity contribution in [2.24, 2.45) is 0 Å². The molecule has 1 amide bonds. The van der Waals surface area contributed by atoms with E-state index in [4.69, 9.17) is 5.73 Å². The van der Waals surface area contributed by atoms with Crippen molar-refractivity contribution in [3.63, 3.8) is 0 Å². The Balaban J connectivity index is 1.87. The van der Waals surface area contributed by atoms with Crippen LogP contribution < -0.4 is 5.73 Å². The number of anilines is 1. The van der Waals surface area contributed by atoms with Crippen LogP contribution in [0, 0.1) is 10.1 Å². The highest BCUT2D eigenvalue weighted by Crippen LogP contribution is 2.25. The standard InChI is InChI=1S/C12H11N5O3S/c13-12-15-14-10(21-12)6-16-4-3-7-1-2-8(17(19)20)5-9(7)11(16)18/h1-2,5H,3-4,6H2,(H2,13,15). The smallest absolute Gasteiger partial charge is 0.270 e. The molecule has 2 aromatic rings. The summed E-state index contributed by atoms with van der Waals surface area (Å²) in [6, 6.07) is 4.40. The van der Waals surface area contributed by atoms with Crippen LogP contribution >= 0.6 is 11.3 Å². The van der Waals surface area contributed by atoms with Gasteiger partial charge in [-0.3, -0.25) is 14.9 Å². The van der Waals surface area contributed by atoms with Gasteiger partial charge >= 0.3 is 0 Å². The molecule has 3 rings (SSSR count). The van der Waals surface area contributed by atoms with Gasteiger partial charge in [-0.2, -0.15) is 0 Å². The van der Waals surface area contributed by atoms with Crippen LogP contribution in [-0.4, -0.2) is 32.5 Å². The topological polar surface area (TPSA) is 115 Å². The Morgan fingerprint density at radius 1 is 1.43 bits per heavy atom. The third-order valence-corrected chi connectivity index (χ3v) is 4.02. The number of hydrogen-bond acceptors (Lipinski definition) is 7. The van der Waals surface area contributed by atoms with Crippen molar-refractivity contribution in [2.75, 3.05) is 12.3 Å². The largest absolute Gasteiger partial charge is 0.374 e. The molecule has 0 spiro atoms. The van der Waals surface area contributed by atoms with Crippen molar-refractivity contribution in [2.45, 2.75) is 13.0 Å². The van der Waals surface area contributed by atoms with Gasteiger partial charge in [0.05, 0.1) is 11.5 Å². The molecule has 0 atom stereocenters. The first-order chi connectivity index (χ1) is 10.0. The van der Waals surface area contributed by atoms with Gasteiger partial charge in [0.15, 0.2) is 0 Å². The number of nitro groups is 1. The number of amides is 1. The van der Waals surface area contributed by atoms with Gasteiger partial charge < -0.3 is 10.6 Å². The Hall–Kier alpha value is -2.55. The third-order valence-electron chi connectivity index (χ3n) is 3.28. The summed E-state index contributed by atoms with van der Waals surface area (Å²) < 4.78 is 0. The Kier molecular flexibility index (Phi) is 3.26. The van der Waals surface area contributed by atoms with E-state index in [-0.39, 0.29) is 11.6 Å². The Labute approximate surface area is 123 Å². The number of hydrogen-bond donors (Lipinski definition) is 1. The first-order valence-electron chi connectivity index (χ1n) is 6.19. The average Bonchev–Trinajstić information content (AvgIpc) is 2.87. The van der Waals surface area contributed by atoms with E-state index in [2.05, 4.69) is 10.2 Å². The molecule has 2 N–H and O–H groups in total. The highest BCUT2D eigenvalue weighted by Gasteiger charge is 2.27. The molecule has 0 radical (unpaired) electrons. The van der Waals surface area contributed by atoms with Gasteiger partial charge in [-0.05, 0) is 12.0 Å². The summed E-state index contributed by atoms with van der Waals surface area (Å²) in [5.41, 5.74) is 6.65. The average molecular weight is 305 g/mol. The zero-order valence-corrected chi connectivity index (χ0v) is 11.7. The number of carbonyl (C=O) groups is 1.